The molecule has 5 nitrogen and oxygen atoms in total. The Hall–Kier alpha value is -8.97. The minimum Gasteiger partial charge on any atom is -0.311 e. The van der Waals surface area contributed by atoms with E-state index in [0.29, 0.717) is 5.82 Å². The summed E-state index contributed by atoms with van der Waals surface area (Å²) >= 11 is 0. The highest BCUT2D eigenvalue weighted by Crippen LogP contribution is 2.59. The van der Waals surface area contributed by atoms with Gasteiger partial charge in [0.2, 0.25) is 0 Å². The highest BCUT2D eigenvalue weighted by molar-refractivity contribution is 7.22. The first kappa shape index (κ1) is 40.1. The van der Waals surface area contributed by atoms with Crippen LogP contribution in [0.3, 0.4) is 0 Å². The zero-order chi connectivity index (χ0) is 46.2. The molecule has 0 radical (unpaired) electrons. The summed E-state index contributed by atoms with van der Waals surface area (Å²) in [6.07, 6.45) is 3.62. The molecule has 0 unspecified atom stereocenters. The topological polar surface area (TPSA) is 45.2 Å². The average Bonchev–Trinajstić information content (AvgIpc) is 3.45. The fraction of sp³-hybridized carbons (Fsp3) is 0.0156. The Kier molecular flexibility index (Phi) is 9.06. The molecule has 0 atom stereocenters. The molecule has 3 aliphatic rings. The first-order valence-electron chi connectivity index (χ1n) is 23.9. The van der Waals surface area contributed by atoms with Gasteiger partial charge in [-0.25, -0.2) is 9.97 Å². The lowest BCUT2D eigenvalue weighted by Crippen LogP contribution is -2.81. The number of rotatable bonds is 5. The lowest BCUT2D eigenvalue weighted by atomic mass is 9.62. The van der Waals surface area contributed by atoms with Gasteiger partial charge in [-0.1, -0.05) is 170 Å². The minimum atomic E-state index is -3.02. The number of benzene rings is 9. The van der Waals surface area contributed by atoms with Gasteiger partial charge in [0, 0.05) is 51.8 Å². The number of nitrogens with zero attached hydrogens (tertiary/aromatic N) is 5. The third-order valence-corrected chi connectivity index (χ3v) is 19.8. The van der Waals surface area contributed by atoms with E-state index in [4.69, 9.17) is 9.97 Å². The molecule has 2 spiro atoms. The SMILES string of the molecule is c1ccc(-c2cc(-c3ccncc3)nc(-c3ccc(N4c5ccccc5C5(c6ccccc64)c4ccccc4[Si]4(c6ccccc6N(c6ccccc6)c6ccccc64)c4ccccc45)cc3)n2)cc1. The molecular weight excluding hydrogens is 867 g/mol. The van der Waals surface area contributed by atoms with E-state index < -0.39 is 13.5 Å². The van der Waals surface area contributed by atoms with Crippen LogP contribution in [0.5, 0.6) is 0 Å². The van der Waals surface area contributed by atoms with Crippen molar-refractivity contribution in [3.05, 3.63) is 283 Å². The Morgan fingerprint density at radius 1 is 0.314 bits per heavy atom. The second-order valence-electron chi connectivity index (χ2n) is 18.3. The Morgan fingerprint density at radius 2 is 0.714 bits per heavy atom. The van der Waals surface area contributed by atoms with Gasteiger partial charge < -0.3 is 9.80 Å². The molecule has 0 saturated carbocycles. The van der Waals surface area contributed by atoms with Crippen molar-refractivity contribution in [2.24, 2.45) is 0 Å². The van der Waals surface area contributed by atoms with E-state index in [0.717, 1.165) is 50.8 Å². The lowest BCUT2D eigenvalue weighted by Gasteiger charge is -2.55. The molecule has 328 valence electrons. The number of para-hydroxylation sites is 5. The van der Waals surface area contributed by atoms with Gasteiger partial charge in [0.25, 0.3) is 0 Å². The van der Waals surface area contributed by atoms with Crippen LogP contribution in [0.4, 0.5) is 34.1 Å². The van der Waals surface area contributed by atoms with Crippen LogP contribution in [0.1, 0.15) is 22.3 Å². The van der Waals surface area contributed by atoms with Crippen molar-refractivity contribution in [1.29, 1.82) is 0 Å². The third kappa shape index (κ3) is 5.68. The molecule has 3 aliphatic heterocycles. The van der Waals surface area contributed by atoms with Gasteiger partial charge in [0.1, 0.15) is 0 Å². The number of aromatic nitrogens is 3. The minimum absolute atomic E-state index is 0.634. The van der Waals surface area contributed by atoms with Crippen LogP contribution in [0.2, 0.25) is 0 Å². The van der Waals surface area contributed by atoms with Crippen LogP contribution in [-0.4, -0.2) is 23.0 Å². The standard InChI is InChI=1S/C64H43N5Si/c1-3-19-44(20-4-1)53-43-54(45-39-41-65-42-40-45)67-63(66-53)46-35-37-48(38-36-46)68-55-27-11-7-23-49(55)64(50-24-8-12-28-56(50)68)51-25-9-15-31-59(51)70(60-32-16-10-26-52(60)64)61-33-17-13-29-57(61)69(47-21-5-2-6-22-47)58-30-14-18-34-62(58)70/h1-43H. The van der Waals surface area contributed by atoms with Crippen LogP contribution < -0.4 is 30.5 Å². The zero-order valence-electron chi connectivity index (χ0n) is 38.1. The van der Waals surface area contributed by atoms with Gasteiger partial charge >= 0.3 is 0 Å². The predicted molar refractivity (Wildman–Crippen MR) is 288 cm³/mol. The van der Waals surface area contributed by atoms with Gasteiger partial charge in [-0.3, -0.25) is 4.98 Å². The third-order valence-electron chi connectivity index (χ3n) is 14.8. The molecule has 2 aromatic heterocycles. The van der Waals surface area contributed by atoms with Crippen molar-refractivity contribution in [3.8, 4) is 33.9 Å². The van der Waals surface area contributed by atoms with Crippen molar-refractivity contribution in [2.75, 3.05) is 9.80 Å². The molecule has 14 rings (SSSR count). The number of pyridine rings is 1. The molecule has 6 heteroatoms. The summed E-state index contributed by atoms with van der Waals surface area (Å²) in [6, 6.07) is 91.6. The van der Waals surface area contributed by atoms with E-state index in [-0.39, 0.29) is 0 Å². The number of fused-ring (bicyclic) bond motifs is 14. The number of hydrogen-bond donors (Lipinski definition) is 0. The first-order valence-corrected chi connectivity index (χ1v) is 25.9. The second kappa shape index (κ2) is 15.8. The van der Waals surface area contributed by atoms with Gasteiger partial charge in [-0.2, -0.15) is 0 Å². The van der Waals surface area contributed by atoms with Gasteiger partial charge in [-0.05, 0) is 122 Å². The van der Waals surface area contributed by atoms with Crippen molar-refractivity contribution in [2.45, 2.75) is 5.41 Å². The Balaban J connectivity index is 0.973. The molecule has 0 saturated heterocycles. The molecule has 11 aromatic rings. The molecule has 0 fully saturated rings. The van der Waals surface area contributed by atoms with Crippen molar-refractivity contribution < 1.29 is 0 Å². The monoisotopic (exact) mass is 909 g/mol. The lowest BCUT2D eigenvalue weighted by molar-refractivity contribution is 0.736. The molecule has 5 heterocycles. The van der Waals surface area contributed by atoms with Crippen LogP contribution in [-0.2, 0) is 5.41 Å². The van der Waals surface area contributed by atoms with Gasteiger partial charge in [0.15, 0.2) is 13.9 Å². The Morgan fingerprint density at radius 3 is 1.26 bits per heavy atom. The molecule has 9 aromatic carbocycles. The highest BCUT2D eigenvalue weighted by Gasteiger charge is 2.60. The molecule has 70 heavy (non-hydrogen) atoms. The summed E-state index contributed by atoms with van der Waals surface area (Å²) in [5.74, 6) is 0.671. The maximum absolute atomic E-state index is 5.16. The van der Waals surface area contributed by atoms with E-state index in [9.17, 15) is 0 Å². The summed E-state index contributed by atoms with van der Waals surface area (Å²) in [5, 5.41) is 5.65. The summed E-state index contributed by atoms with van der Waals surface area (Å²) < 4.78 is 0. The van der Waals surface area contributed by atoms with Gasteiger partial charge in [0.05, 0.1) is 28.2 Å². The zero-order valence-corrected chi connectivity index (χ0v) is 39.1. The molecular formula is C64H43N5Si. The predicted octanol–water partition coefficient (Wildman–Crippen LogP) is 12.5. The van der Waals surface area contributed by atoms with Crippen molar-refractivity contribution >= 4 is 62.9 Å². The summed E-state index contributed by atoms with van der Waals surface area (Å²) in [6.45, 7) is 0. The highest BCUT2D eigenvalue weighted by atomic mass is 28.3. The summed E-state index contributed by atoms with van der Waals surface area (Å²) in [4.78, 5) is 19.5. The Labute approximate surface area is 408 Å². The quantitative estimate of drug-likeness (QED) is 0.161. The second-order valence-corrected chi connectivity index (χ2v) is 21.9. The van der Waals surface area contributed by atoms with Crippen molar-refractivity contribution in [3.63, 3.8) is 0 Å². The molecule has 0 amide bonds. The van der Waals surface area contributed by atoms with E-state index in [1.165, 1.54) is 54.4 Å². The normalized spacial score (nSPS) is 14.2. The average molecular weight is 910 g/mol. The Bertz CT molecular complexity index is 3600. The van der Waals surface area contributed by atoms with Crippen LogP contribution in [0.15, 0.2) is 261 Å². The molecule has 0 N–H and O–H groups in total. The van der Waals surface area contributed by atoms with Crippen LogP contribution in [0.25, 0.3) is 33.9 Å². The number of anilines is 6. The molecule has 0 bridgehead atoms. The maximum atomic E-state index is 5.16. The van der Waals surface area contributed by atoms with E-state index in [2.05, 4.69) is 245 Å². The van der Waals surface area contributed by atoms with Crippen molar-refractivity contribution in [1.82, 2.24) is 15.0 Å². The largest absolute Gasteiger partial charge is 0.311 e. The number of hydrogen-bond acceptors (Lipinski definition) is 5. The summed E-state index contributed by atoms with van der Waals surface area (Å²) in [7, 11) is -3.02. The fourth-order valence-corrected chi connectivity index (χ4v) is 17.7. The van der Waals surface area contributed by atoms with Crippen LogP contribution >= 0.6 is 0 Å². The van der Waals surface area contributed by atoms with E-state index in [1.54, 1.807) is 0 Å². The van der Waals surface area contributed by atoms with E-state index in [1.807, 2.05) is 30.6 Å². The van der Waals surface area contributed by atoms with Gasteiger partial charge in [-0.15, -0.1) is 0 Å². The van der Waals surface area contributed by atoms with E-state index >= 15 is 0 Å². The van der Waals surface area contributed by atoms with Crippen LogP contribution in [0, 0.1) is 0 Å². The maximum Gasteiger partial charge on any atom is 0.184 e. The molecule has 0 aliphatic carbocycles. The first-order chi connectivity index (χ1) is 34.7. The smallest absolute Gasteiger partial charge is 0.184 e. The fourth-order valence-electron chi connectivity index (χ4n) is 12.1. The summed E-state index contributed by atoms with van der Waals surface area (Å²) in [5.41, 5.74) is 16.3.